The van der Waals surface area contributed by atoms with Crippen molar-refractivity contribution in [3.63, 3.8) is 0 Å². The lowest BCUT2D eigenvalue weighted by Gasteiger charge is -2.27. The van der Waals surface area contributed by atoms with Crippen molar-refractivity contribution in [2.45, 2.75) is 31.2 Å². The molecule has 1 aromatic carbocycles. The minimum Gasteiger partial charge on any atom is -0.344 e. The van der Waals surface area contributed by atoms with Crippen molar-refractivity contribution in [3.05, 3.63) is 35.4 Å². The Morgan fingerprint density at radius 2 is 2.12 bits per heavy atom. The fourth-order valence-corrected chi connectivity index (χ4v) is 3.47. The van der Waals surface area contributed by atoms with Crippen LogP contribution in [0.4, 0.5) is 4.79 Å². The summed E-state index contributed by atoms with van der Waals surface area (Å²) in [6.45, 7) is -0.257. The second-order valence-electron chi connectivity index (χ2n) is 6.07. The molecule has 124 valence electrons. The summed E-state index contributed by atoms with van der Waals surface area (Å²) in [4.78, 5) is 38.2. The average Bonchev–Trinajstić information content (AvgIpc) is 2.74. The summed E-state index contributed by atoms with van der Waals surface area (Å²) in [5.74, 6) is 1.48. The first-order valence-electron chi connectivity index (χ1n) is 8.01. The molecular weight excluding hydrogens is 306 g/mol. The summed E-state index contributed by atoms with van der Waals surface area (Å²) in [5, 5.41) is 5.32. The van der Waals surface area contributed by atoms with Gasteiger partial charge in [-0.25, -0.2) is 4.79 Å². The molecule has 24 heavy (non-hydrogen) atoms. The molecule has 6 heteroatoms. The van der Waals surface area contributed by atoms with Gasteiger partial charge >= 0.3 is 6.03 Å². The Morgan fingerprint density at radius 1 is 1.33 bits per heavy atom. The highest BCUT2D eigenvalue weighted by Crippen LogP contribution is 2.38. The van der Waals surface area contributed by atoms with E-state index in [1.165, 1.54) is 0 Å². The van der Waals surface area contributed by atoms with E-state index in [2.05, 4.69) is 16.6 Å². The van der Waals surface area contributed by atoms with Crippen LogP contribution in [0, 0.1) is 12.3 Å². The zero-order chi connectivity index (χ0) is 17.2. The van der Waals surface area contributed by atoms with Crippen LogP contribution >= 0.6 is 0 Å². The lowest BCUT2D eigenvalue weighted by molar-refractivity contribution is -0.135. The molecule has 0 radical (unpaired) electrons. The molecule has 4 amide bonds. The van der Waals surface area contributed by atoms with Gasteiger partial charge in [-0.05, 0) is 36.8 Å². The molecule has 6 nitrogen and oxygen atoms in total. The van der Waals surface area contributed by atoms with Crippen LogP contribution < -0.4 is 10.6 Å². The van der Waals surface area contributed by atoms with Crippen molar-refractivity contribution in [3.8, 4) is 12.3 Å². The first-order chi connectivity index (χ1) is 11.6. The van der Waals surface area contributed by atoms with Crippen LogP contribution in [0.5, 0.6) is 0 Å². The van der Waals surface area contributed by atoms with Crippen LogP contribution in [0.2, 0.25) is 0 Å². The van der Waals surface area contributed by atoms with Gasteiger partial charge in [0.05, 0.1) is 6.54 Å². The quantitative estimate of drug-likeness (QED) is 0.640. The topological polar surface area (TPSA) is 78.5 Å². The number of benzene rings is 1. The predicted molar refractivity (Wildman–Crippen MR) is 87.8 cm³/mol. The normalized spacial score (nSPS) is 22.5. The molecule has 1 atom stereocenters. The summed E-state index contributed by atoms with van der Waals surface area (Å²) >= 11 is 0. The van der Waals surface area contributed by atoms with E-state index in [0.29, 0.717) is 6.42 Å². The number of carbonyl (C=O) groups is 3. The number of urea groups is 1. The van der Waals surface area contributed by atoms with E-state index in [9.17, 15) is 14.4 Å². The number of carbonyl (C=O) groups excluding carboxylic acids is 3. The van der Waals surface area contributed by atoms with E-state index in [1.54, 1.807) is 0 Å². The number of rotatable bonds is 3. The molecule has 0 bridgehead atoms. The molecule has 0 unspecified atom stereocenters. The van der Waals surface area contributed by atoms with Crippen LogP contribution in [0.3, 0.4) is 0 Å². The minimum absolute atomic E-state index is 0.0659. The largest absolute Gasteiger partial charge is 0.344 e. The Labute approximate surface area is 140 Å². The zero-order valence-corrected chi connectivity index (χ0v) is 13.3. The van der Waals surface area contributed by atoms with Crippen LogP contribution in [0.15, 0.2) is 24.3 Å². The molecule has 1 fully saturated rings. The maximum Gasteiger partial charge on any atom is 0.325 e. The van der Waals surface area contributed by atoms with Crippen LogP contribution in [-0.2, 0) is 21.5 Å². The van der Waals surface area contributed by atoms with Crippen molar-refractivity contribution in [2.75, 3.05) is 13.1 Å². The maximum absolute atomic E-state index is 13.0. The van der Waals surface area contributed by atoms with Gasteiger partial charge in [-0.15, -0.1) is 6.42 Å². The number of imide groups is 1. The molecule has 1 aromatic rings. The average molecular weight is 325 g/mol. The Morgan fingerprint density at radius 3 is 2.92 bits per heavy atom. The fraction of sp³-hybridized carbons (Fsp3) is 0.389. The highest BCUT2D eigenvalue weighted by Gasteiger charge is 2.53. The third-order valence-electron chi connectivity index (χ3n) is 4.59. The second kappa shape index (κ2) is 6.36. The number of aryl methyl sites for hydroxylation is 1. The van der Waals surface area contributed by atoms with E-state index in [1.807, 2.05) is 24.3 Å². The van der Waals surface area contributed by atoms with Gasteiger partial charge in [-0.2, -0.15) is 0 Å². The molecule has 3 rings (SSSR count). The Hall–Kier alpha value is -2.81. The van der Waals surface area contributed by atoms with Gasteiger partial charge in [0.1, 0.15) is 12.1 Å². The zero-order valence-electron chi connectivity index (χ0n) is 13.3. The van der Waals surface area contributed by atoms with Crippen molar-refractivity contribution in [2.24, 2.45) is 0 Å². The van der Waals surface area contributed by atoms with E-state index in [0.717, 1.165) is 35.3 Å². The van der Waals surface area contributed by atoms with Crippen molar-refractivity contribution in [1.29, 1.82) is 0 Å². The highest BCUT2D eigenvalue weighted by atomic mass is 16.2. The molecule has 1 heterocycles. The number of hydrogen-bond acceptors (Lipinski definition) is 3. The van der Waals surface area contributed by atoms with Gasteiger partial charge in [0, 0.05) is 0 Å². The molecule has 0 saturated carbocycles. The summed E-state index contributed by atoms with van der Waals surface area (Å²) in [6, 6.07) is 7.15. The van der Waals surface area contributed by atoms with Crippen LogP contribution in [0.25, 0.3) is 0 Å². The Kier molecular flexibility index (Phi) is 4.26. The number of amides is 4. The molecule has 2 N–H and O–H groups in total. The van der Waals surface area contributed by atoms with Gasteiger partial charge in [-0.1, -0.05) is 30.2 Å². The number of nitrogens with one attached hydrogen (secondary N) is 2. The van der Waals surface area contributed by atoms with E-state index in [4.69, 9.17) is 6.42 Å². The molecule has 0 aromatic heterocycles. The Bertz CT molecular complexity index is 737. The number of nitrogens with zero attached hydrogens (tertiary/aromatic N) is 1. The molecule has 1 aliphatic heterocycles. The smallest absolute Gasteiger partial charge is 0.325 e. The van der Waals surface area contributed by atoms with Gasteiger partial charge in [0.2, 0.25) is 5.91 Å². The van der Waals surface area contributed by atoms with Gasteiger partial charge in [0.15, 0.2) is 0 Å². The predicted octanol–water partition coefficient (Wildman–Crippen LogP) is 0.909. The third kappa shape index (κ3) is 2.62. The molecule has 1 saturated heterocycles. The van der Waals surface area contributed by atoms with Gasteiger partial charge in [-0.3, -0.25) is 14.5 Å². The summed E-state index contributed by atoms with van der Waals surface area (Å²) in [6.07, 6.45) is 8.31. The molecular formula is C18H19N3O3. The monoisotopic (exact) mass is 325 g/mol. The number of hydrogen-bond donors (Lipinski definition) is 2. The number of fused-ring (bicyclic) bond motifs is 2. The first kappa shape index (κ1) is 16.1. The standard InChI is InChI=1S/C18H19N3O3/c1-2-11-19-15(22)12-21-16(23)18(20-17(21)24)10-6-5-8-13-7-3-4-9-14(13)18/h1,3-4,7,9H,5-6,8,10-12H2,(H,19,22)(H,20,24)/t18-/m1/s1. The summed E-state index contributed by atoms with van der Waals surface area (Å²) in [7, 11) is 0. The van der Waals surface area contributed by atoms with Crippen LogP contribution in [-0.4, -0.2) is 35.8 Å². The van der Waals surface area contributed by atoms with E-state index in [-0.39, 0.29) is 19.0 Å². The van der Waals surface area contributed by atoms with Crippen molar-refractivity contribution >= 4 is 17.8 Å². The summed E-state index contributed by atoms with van der Waals surface area (Å²) in [5.41, 5.74) is 0.853. The Balaban J connectivity index is 1.90. The third-order valence-corrected chi connectivity index (χ3v) is 4.59. The first-order valence-corrected chi connectivity index (χ1v) is 8.01. The molecule has 1 aliphatic carbocycles. The molecule has 2 aliphatic rings. The minimum atomic E-state index is -1.06. The van der Waals surface area contributed by atoms with Gasteiger partial charge in [0.25, 0.3) is 5.91 Å². The lowest BCUT2D eigenvalue weighted by atomic mass is 9.84. The maximum atomic E-state index is 13.0. The SMILES string of the molecule is C#CCNC(=O)CN1C(=O)N[C@@]2(CCCCc3ccccc32)C1=O. The fourth-order valence-electron chi connectivity index (χ4n) is 3.47. The van der Waals surface area contributed by atoms with Crippen molar-refractivity contribution in [1.82, 2.24) is 15.5 Å². The van der Waals surface area contributed by atoms with Crippen LogP contribution in [0.1, 0.15) is 30.4 Å². The van der Waals surface area contributed by atoms with E-state index < -0.39 is 17.5 Å². The van der Waals surface area contributed by atoms with Gasteiger partial charge < -0.3 is 10.6 Å². The van der Waals surface area contributed by atoms with E-state index >= 15 is 0 Å². The lowest BCUT2D eigenvalue weighted by Crippen LogP contribution is -2.45. The van der Waals surface area contributed by atoms with Crippen molar-refractivity contribution < 1.29 is 14.4 Å². The second-order valence-corrected chi connectivity index (χ2v) is 6.07. The summed E-state index contributed by atoms with van der Waals surface area (Å²) < 4.78 is 0. The molecule has 1 spiro atoms. The highest BCUT2D eigenvalue weighted by molar-refractivity contribution is 6.09. The number of terminal acetylenes is 1.